The van der Waals surface area contributed by atoms with Gasteiger partial charge in [-0.15, -0.1) is 24.3 Å². The van der Waals surface area contributed by atoms with E-state index in [1.807, 2.05) is 109 Å². The van der Waals surface area contributed by atoms with Gasteiger partial charge in [-0.25, -0.2) is 24.3 Å². The van der Waals surface area contributed by atoms with Crippen LogP contribution in [0.2, 0.25) is 0 Å². The third-order valence-electron chi connectivity index (χ3n) is 6.59. The van der Waals surface area contributed by atoms with Crippen molar-refractivity contribution in [3.8, 4) is 45.3 Å². The van der Waals surface area contributed by atoms with Crippen molar-refractivity contribution >= 4 is 5.78 Å². The van der Waals surface area contributed by atoms with E-state index in [9.17, 15) is 4.79 Å². The summed E-state index contributed by atoms with van der Waals surface area (Å²) in [7, 11) is 6.31. The fourth-order valence-corrected chi connectivity index (χ4v) is 4.67. The zero-order valence-electron chi connectivity index (χ0n) is 25.0. The van der Waals surface area contributed by atoms with Gasteiger partial charge in [0.1, 0.15) is 0 Å². The van der Waals surface area contributed by atoms with Gasteiger partial charge in [-0.1, -0.05) is 35.4 Å². The summed E-state index contributed by atoms with van der Waals surface area (Å²) in [6, 6.07) is 42.6. The summed E-state index contributed by atoms with van der Waals surface area (Å²) in [6.45, 7) is 0. The SMILES string of the molecule is COc1ccc(C(=O)c2ccc(OC)c(-[c-]3cccc3)c2OC)c(OC)c1-[c-]1cccc1.[Fe+2].[Fe+2].c1cc[cH-]c1.c1cc[cH-]c1. The van der Waals surface area contributed by atoms with Crippen molar-refractivity contribution in [3.05, 3.63) is 145 Å². The quantitative estimate of drug-likeness (QED) is 0.0924. The monoisotopic (exact) mass is 670 g/mol. The molecule has 0 saturated carbocycles. The zero-order chi connectivity index (χ0) is 29.7. The van der Waals surface area contributed by atoms with Crippen LogP contribution in [0.15, 0.2) is 133 Å². The average molecular weight is 670 g/mol. The standard InChI is InChI=1S/C27H24O5.2C5H5.2Fe/c1-29-21-15-13-19(26(31-3)23(21)17-9-5-6-10-17)25(28)20-14-16-22(30-2)24(27(20)32-4)18-11-7-8-12-18;2*1-2-4-5-3-1;;/h5-16H,1-4H3;2*1-5H;;/q-2;2*-1;2*+2. The van der Waals surface area contributed by atoms with Gasteiger partial charge in [-0.2, -0.15) is 60.7 Å². The van der Waals surface area contributed by atoms with Crippen LogP contribution in [0.25, 0.3) is 22.3 Å². The van der Waals surface area contributed by atoms with Gasteiger partial charge in [0, 0.05) is 11.1 Å². The second-order valence-corrected chi connectivity index (χ2v) is 9.05. The molecule has 6 rings (SSSR count). The van der Waals surface area contributed by atoms with Gasteiger partial charge >= 0.3 is 34.1 Å². The number of methoxy groups -OCH3 is 4. The molecule has 6 aromatic carbocycles. The van der Waals surface area contributed by atoms with Crippen LogP contribution in [0.5, 0.6) is 23.0 Å². The molecule has 0 saturated heterocycles. The fraction of sp³-hybridized carbons (Fsp3) is 0.108. The molecule has 0 spiro atoms. The predicted octanol–water partition coefficient (Wildman–Crippen LogP) is 8.53. The first-order valence-electron chi connectivity index (χ1n) is 13.5. The Morgan fingerprint density at radius 2 is 0.864 bits per heavy atom. The summed E-state index contributed by atoms with van der Waals surface area (Å²) >= 11 is 0. The minimum absolute atomic E-state index is 0. The molecular formula is C37H34Fe2O5. The second-order valence-electron chi connectivity index (χ2n) is 9.05. The van der Waals surface area contributed by atoms with Gasteiger partial charge in [-0.3, -0.25) is 4.79 Å². The minimum Gasteiger partial charge on any atom is -0.531 e. The molecule has 0 atom stereocenters. The van der Waals surface area contributed by atoms with Crippen LogP contribution in [0.4, 0.5) is 0 Å². The fourth-order valence-electron chi connectivity index (χ4n) is 4.67. The molecule has 228 valence electrons. The van der Waals surface area contributed by atoms with Crippen molar-refractivity contribution in [1.29, 1.82) is 0 Å². The topological polar surface area (TPSA) is 54.0 Å². The number of hydrogen-bond acceptors (Lipinski definition) is 5. The van der Waals surface area contributed by atoms with E-state index in [1.165, 1.54) is 0 Å². The summed E-state index contributed by atoms with van der Waals surface area (Å²) in [5, 5.41) is 0. The van der Waals surface area contributed by atoms with Crippen LogP contribution in [0.1, 0.15) is 15.9 Å². The van der Waals surface area contributed by atoms with Crippen LogP contribution in [-0.2, 0) is 34.1 Å². The van der Waals surface area contributed by atoms with E-state index in [-0.39, 0.29) is 39.9 Å². The molecule has 5 nitrogen and oxygen atoms in total. The third-order valence-corrected chi connectivity index (χ3v) is 6.59. The summed E-state index contributed by atoms with van der Waals surface area (Å²) in [5.41, 5.74) is 4.12. The molecule has 0 fully saturated rings. The number of rotatable bonds is 8. The first-order valence-corrected chi connectivity index (χ1v) is 13.5. The first kappa shape index (κ1) is 35.9. The maximum Gasteiger partial charge on any atom is 2.00 e. The van der Waals surface area contributed by atoms with E-state index >= 15 is 0 Å². The smallest absolute Gasteiger partial charge is 0.531 e. The Morgan fingerprint density at radius 1 is 0.523 bits per heavy atom. The summed E-state index contributed by atoms with van der Waals surface area (Å²) < 4.78 is 22.6. The summed E-state index contributed by atoms with van der Waals surface area (Å²) in [4.78, 5) is 13.8. The van der Waals surface area contributed by atoms with E-state index in [0.717, 1.165) is 22.3 Å². The molecule has 0 aromatic heterocycles. The third kappa shape index (κ3) is 8.43. The molecule has 0 bridgehead atoms. The second kappa shape index (κ2) is 18.4. The molecule has 6 aromatic rings. The Bertz CT molecular complexity index is 1460. The first-order chi connectivity index (χ1) is 20.6. The van der Waals surface area contributed by atoms with Crippen LogP contribution in [0.3, 0.4) is 0 Å². The largest absolute Gasteiger partial charge is 2.00 e. The van der Waals surface area contributed by atoms with Gasteiger partial charge in [0.05, 0.1) is 51.4 Å². The maximum absolute atomic E-state index is 13.8. The number of carbonyl (C=O) groups excluding carboxylic acids is 1. The number of ether oxygens (including phenoxy) is 4. The Balaban J connectivity index is 0.000000476. The number of carbonyl (C=O) groups is 1. The normalized spacial score (nSPS) is 9.55. The maximum atomic E-state index is 13.8. The Hall–Kier alpha value is -4.25. The van der Waals surface area contributed by atoms with Crippen molar-refractivity contribution < 1.29 is 57.9 Å². The van der Waals surface area contributed by atoms with Gasteiger partial charge in [0.2, 0.25) is 0 Å². The van der Waals surface area contributed by atoms with Crippen molar-refractivity contribution in [2.24, 2.45) is 0 Å². The van der Waals surface area contributed by atoms with Crippen molar-refractivity contribution in [2.45, 2.75) is 0 Å². The van der Waals surface area contributed by atoms with E-state index in [2.05, 4.69) is 0 Å². The Kier molecular flexibility index (Phi) is 15.0. The Morgan fingerprint density at radius 3 is 1.11 bits per heavy atom. The number of ketones is 1. The van der Waals surface area contributed by atoms with Crippen LogP contribution >= 0.6 is 0 Å². The molecule has 0 N–H and O–H groups in total. The molecule has 44 heavy (non-hydrogen) atoms. The summed E-state index contributed by atoms with van der Waals surface area (Å²) in [6.07, 6.45) is 0. The molecule has 0 unspecified atom stereocenters. The minimum atomic E-state index is -0.218. The molecule has 0 radical (unpaired) electrons. The molecular weight excluding hydrogens is 636 g/mol. The number of benzene rings is 2. The molecule has 0 aliphatic carbocycles. The van der Waals surface area contributed by atoms with Crippen molar-refractivity contribution in [2.75, 3.05) is 28.4 Å². The predicted molar refractivity (Wildman–Crippen MR) is 169 cm³/mol. The van der Waals surface area contributed by atoms with E-state index in [0.29, 0.717) is 34.1 Å². The van der Waals surface area contributed by atoms with Crippen LogP contribution in [-0.4, -0.2) is 34.2 Å². The van der Waals surface area contributed by atoms with Crippen LogP contribution < -0.4 is 18.9 Å². The van der Waals surface area contributed by atoms with E-state index < -0.39 is 0 Å². The Labute approximate surface area is 280 Å². The molecule has 0 aliphatic heterocycles. The molecule has 7 heteroatoms. The zero-order valence-corrected chi connectivity index (χ0v) is 27.2. The summed E-state index contributed by atoms with van der Waals surface area (Å²) in [5.74, 6) is 1.94. The number of hydrogen-bond donors (Lipinski definition) is 0. The van der Waals surface area contributed by atoms with Gasteiger partial charge in [0.25, 0.3) is 0 Å². The van der Waals surface area contributed by atoms with E-state index in [4.69, 9.17) is 18.9 Å². The van der Waals surface area contributed by atoms with Gasteiger partial charge in [0.15, 0.2) is 5.78 Å². The van der Waals surface area contributed by atoms with Crippen molar-refractivity contribution in [1.82, 2.24) is 0 Å². The molecule has 0 amide bonds. The van der Waals surface area contributed by atoms with Gasteiger partial charge < -0.3 is 18.9 Å². The van der Waals surface area contributed by atoms with E-state index in [1.54, 1.807) is 52.7 Å². The molecule has 0 aliphatic rings. The van der Waals surface area contributed by atoms with Gasteiger partial charge in [-0.05, 0) is 11.1 Å². The molecule has 0 heterocycles. The van der Waals surface area contributed by atoms with Crippen molar-refractivity contribution in [3.63, 3.8) is 0 Å². The van der Waals surface area contributed by atoms with Crippen LogP contribution in [0, 0.1) is 0 Å². The average Bonchev–Trinajstić information content (AvgIpc) is 3.88.